The highest BCUT2D eigenvalue weighted by molar-refractivity contribution is 8.13. The molecule has 0 spiro atoms. The van der Waals surface area contributed by atoms with E-state index < -0.39 is 5.92 Å². The minimum atomic E-state index is -0.510. The summed E-state index contributed by atoms with van der Waals surface area (Å²) in [6.07, 6.45) is 0. The van der Waals surface area contributed by atoms with Gasteiger partial charge in [0.15, 0.2) is 5.17 Å². The third-order valence-electron chi connectivity index (χ3n) is 5.74. The van der Waals surface area contributed by atoms with Crippen molar-refractivity contribution in [1.29, 1.82) is 5.26 Å². The van der Waals surface area contributed by atoms with Crippen molar-refractivity contribution < 1.29 is 0 Å². The molecular formula is C24H28N6S. The highest BCUT2D eigenvalue weighted by atomic mass is 32.2. The molecule has 160 valence electrons. The molecule has 7 heteroatoms. The third-order valence-corrected chi connectivity index (χ3v) is 6.58. The molecule has 2 atom stereocenters. The number of thioether (sulfide) groups is 1. The quantitative estimate of drug-likeness (QED) is 0.758. The molecule has 6 nitrogen and oxygen atoms in total. The van der Waals surface area contributed by atoms with Gasteiger partial charge in [0.2, 0.25) is 0 Å². The van der Waals surface area contributed by atoms with Gasteiger partial charge in [-0.1, -0.05) is 72.4 Å². The highest BCUT2D eigenvalue weighted by Crippen LogP contribution is 2.31. The van der Waals surface area contributed by atoms with Crippen molar-refractivity contribution in [1.82, 2.24) is 9.80 Å². The summed E-state index contributed by atoms with van der Waals surface area (Å²) >= 11 is 1.63. The Morgan fingerprint density at radius 3 is 2.29 bits per heavy atom. The summed E-state index contributed by atoms with van der Waals surface area (Å²) in [5.41, 5.74) is 8.49. The van der Waals surface area contributed by atoms with Crippen molar-refractivity contribution in [2.75, 3.05) is 38.5 Å². The van der Waals surface area contributed by atoms with E-state index in [1.54, 1.807) is 11.8 Å². The molecule has 2 aliphatic rings. The average molecular weight is 433 g/mol. The fraction of sp³-hybridized carbons (Fsp3) is 0.375. The molecule has 1 fully saturated rings. The lowest BCUT2D eigenvalue weighted by atomic mass is 9.93. The largest absolute Gasteiger partial charge is 0.386 e. The SMILES string of the molecule is N#CC1C(N)=NC(SCCN2CCN(Cc3ccccc3)CC2)=NC1c1ccccc1. The Bertz CT molecular complexity index is 945. The zero-order valence-corrected chi connectivity index (χ0v) is 18.4. The Labute approximate surface area is 188 Å². The van der Waals surface area contributed by atoms with Gasteiger partial charge in [-0.05, 0) is 11.1 Å². The molecule has 0 saturated carbocycles. The van der Waals surface area contributed by atoms with E-state index in [0.29, 0.717) is 11.0 Å². The zero-order chi connectivity index (χ0) is 21.5. The summed E-state index contributed by atoms with van der Waals surface area (Å²) < 4.78 is 0. The molecular weight excluding hydrogens is 404 g/mol. The van der Waals surface area contributed by atoms with Gasteiger partial charge < -0.3 is 5.73 Å². The number of hydrogen-bond acceptors (Lipinski definition) is 7. The minimum Gasteiger partial charge on any atom is -0.386 e. The first kappa shape index (κ1) is 21.6. The Kier molecular flexibility index (Phi) is 7.36. The summed E-state index contributed by atoms with van der Waals surface area (Å²) in [6, 6.07) is 22.5. The molecule has 2 heterocycles. The fourth-order valence-corrected chi connectivity index (χ4v) is 4.86. The first-order valence-corrected chi connectivity index (χ1v) is 11.7. The van der Waals surface area contributed by atoms with Gasteiger partial charge in [0.25, 0.3) is 0 Å². The number of amidine groups is 2. The topological polar surface area (TPSA) is 81.0 Å². The predicted octanol–water partition coefficient (Wildman–Crippen LogP) is 3.15. The normalized spacial score (nSPS) is 22.4. The molecule has 2 unspecified atom stereocenters. The first-order valence-electron chi connectivity index (χ1n) is 10.7. The van der Waals surface area contributed by atoms with Crippen LogP contribution in [-0.2, 0) is 6.54 Å². The Morgan fingerprint density at radius 2 is 1.61 bits per heavy atom. The second-order valence-electron chi connectivity index (χ2n) is 7.86. The molecule has 0 aromatic heterocycles. The summed E-state index contributed by atoms with van der Waals surface area (Å²) in [5.74, 6) is 0.764. The number of rotatable bonds is 6. The highest BCUT2D eigenvalue weighted by Gasteiger charge is 2.30. The van der Waals surface area contributed by atoms with Crippen LogP contribution in [0, 0.1) is 17.2 Å². The van der Waals surface area contributed by atoms with Crippen molar-refractivity contribution in [2.45, 2.75) is 12.6 Å². The van der Waals surface area contributed by atoms with E-state index in [-0.39, 0.29) is 6.04 Å². The summed E-state index contributed by atoms with van der Waals surface area (Å²) in [7, 11) is 0. The number of benzene rings is 2. The molecule has 0 bridgehead atoms. The standard InChI is InChI=1S/C24H28N6S/c25-17-21-22(20-9-5-2-6-10-20)27-24(28-23(21)26)31-16-15-29-11-13-30(14-12-29)18-19-7-3-1-4-8-19/h1-10,21-22H,11-16,18H2,(H2,26,27,28). The van der Waals surface area contributed by atoms with Crippen molar-refractivity contribution >= 4 is 22.8 Å². The van der Waals surface area contributed by atoms with Crippen LogP contribution >= 0.6 is 11.8 Å². The molecule has 0 radical (unpaired) electrons. The van der Waals surface area contributed by atoms with Crippen LogP contribution in [0.5, 0.6) is 0 Å². The van der Waals surface area contributed by atoms with Crippen molar-refractivity contribution in [3.05, 3.63) is 71.8 Å². The molecule has 2 aromatic rings. The summed E-state index contributed by atoms with van der Waals surface area (Å²) in [5, 5.41) is 10.2. The number of piperazine rings is 1. The average Bonchev–Trinajstić information content (AvgIpc) is 2.81. The van der Waals surface area contributed by atoms with E-state index in [4.69, 9.17) is 10.7 Å². The van der Waals surface area contributed by atoms with Gasteiger partial charge in [0.1, 0.15) is 17.8 Å². The maximum absolute atomic E-state index is 9.54. The van der Waals surface area contributed by atoms with Crippen LogP contribution in [0.2, 0.25) is 0 Å². The number of aliphatic imine (C=N–C) groups is 2. The van der Waals surface area contributed by atoms with E-state index in [2.05, 4.69) is 51.2 Å². The maximum Gasteiger partial charge on any atom is 0.185 e. The van der Waals surface area contributed by atoms with E-state index in [1.807, 2.05) is 30.3 Å². The summed E-state index contributed by atoms with van der Waals surface area (Å²) in [4.78, 5) is 14.2. The lowest BCUT2D eigenvalue weighted by molar-refractivity contribution is 0.133. The maximum atomic E-state index is 9.54. The van der Waals surface area contributed by atoms with Crippen molar-refractivity contribution in [3.8, 4) is 6.07 Å². The fourth-order valence-electron chi connectivity index (χ4n) is 3.97. The Hall–Kier alpha value is -2.66. The van der Waals surface area contributed by atoms with Crippen LogP contribution in [0.4, 0.5) is 0 Å². The smallest absolute Gasteiger partial charge is 0.185 e. The van der Waals surface area contributed by atoms with E-state index in [1.165, 1.54) is 5.56 Å². The predicted molar refractivity (Wildman–Crippen MR) is 128 cm³/mol. The van der Waals surface area contributed by atoms with Gasteiger partial charge in [-0.3, -0.25) is 14.8 Å². The minimum absolute atomic E-state index is 0.285. The zero-order valence-electron chi connectivity index (χ0n) is 17.6. The van der Waals surface area contributed by atoms with Gasteiger partial charge >= 0.3 is 0 Å². The molecule has 1 saturated heterocycles. The van der Waals surface area contributed by atoms with Crippen molar-refractivity contribution in [3.63, 3.8) is 0 Å². The Morgan fingerprint density at radius 1 is 0.968 bits per heavy atom. The number of hydrogen-bond donors (Lipinski definition) is 1. The van der Waals surface area contributed by atoms with E-state index >= 15 is 0 Å². The van der Waals surface area contributed by atoms with Crippen molar-refractivity contribution in [2.24, 2.45) is 21.6 Å². The lowest BCUT2D eigenvalue weighted by Crippen LogP contribution is -2.46. The van der Waals surface area contributed by atoms with Crippen LogP contribution in [0.1, 0.15) is 17.2 Å². The van der Waals surface area contributed by atoms with Gasteiger partial charge in [-0.2, -0.15) is 5.26 Å². The molecule has 4 rings (SSSR count). The molecule has 31 heavy (non-hydrogen) atoms. The van der Waals surface area contributed by atoms with Crippen LogP contribution in [0.15, 0.2) is 70.6 Å². The van der Waals surface area contributed by atoms with Gasteiger partial charge in [-0.25, -0.2) is 4.99 Å². The number of nitrogens with zero attached hydrogens (tertiary/aromatic N) is 5. The number of nitriles is 1. The van der Waals surface area contributed by atoms with Crippen LogP contribution in [-0.4, -0.2) is 59.3 Å². The molecule has 0 amide bonds. The van der Waals surface area contributed by atoms with Gasteiger partial charge in [0, 0.05) is 45.0 Å². The summed E-state index contributed by atoms with van der Waals surface area (Å²) in [6.45, 7) is 6.35. The first-order chi connectivity index (χ1) is 15.2. The molecule has 2 aliphatic heterocycles. The second-order valence-corrected chi connectivity index (χ2v) is 8.92. The molecule has 0 aliphatic carbocycles. The second kappa shape index (κ2) is 10.6. The monoisotopic (exact) mass is 432 g/mol. The van der Waals surface area contributed by atoms with E-state index in [9.17, 15) is 5.26 Å². The molecule has 2 aromatic carbocycles. The number of nitrogens with two attached hydrogens (primary N) is 1. The van der Waals surface area contributed by atoms with E-state index in [0.717, 1.165) is 50.6 Å². The molecule has 2 N–H and O–H groups in total. The third kappa shape index (κ3) is 5.73. The Balaban J connectivity index is 1.27. The van der Waals surface area contributed by atoms with Crippen LogP contribution in [0.25, 0.3) is 0 Å². The van der Waals surface area contributed by atoms with Gasteiger partial charge in [-0.15, -0.1) is 0 Å². The lowest BCUT2D eigenvalue weighted by Gasteiger charge is -2.34. The van der Waals surface area contributed by atoms with Crippen LogP contribution in [0.3, 0.4) is 0 Å². The van der Waals surface area contributed by atoms with Crippen LogP contribution < -0.4 is 5.73 Å². The van der Waals surface area contributed by atoms with Gasteiger partial charge in [0.05, 0.1) is 6.07 Å².